The van der Waals surface area contributed by atoms with E-state index >= 15 is 0 Å². The number of hydrogen-bond acceptors (Lipinski definition) is 3. The van der Waals surface area contributed by atoms with Gasteiger partial charge in [0.05, 0.1) is 16.9 Å². The summed E-state index contributed by atoms with van der Waals surface area (Å²) in [5.74, 6) is 1.40. The van der Waals surface area contributed by atoms with E-state index < -0.39 is 0 Å². The maximum atomic E-state index is 11.0. The molecule has 0 unspecified atom stereocenters. The van der Waals surface area contributed by atoms with Crippen molar-refractivity contribution in [3.8, 4) is 5.75 Å². The molecule has 2 rings (SSSR count). The Morgan fingerprint density at radius 2 is 1.71 bits per heavy atom. The van der Waals surface area contributed by atoms with Gasteiger partial charge in [-0.15, -0.1) is 11.6 Å². The van der Waals surface area contributed by atoms with Gasteiger partial charge in [0.15, 0.2) is 0 Å². The van der Waals surface area contributed by atoms with E-state index in [1.54, 1.807) is 18.2 Å². The number of nitro benzene ring substituents is 1. The monoisotopic (exact) mass is 307 g/mol. The van der Waals surface area contributed by atoms with Gasteiger partial charge in [-0.25, -0.2) is 0 Å². The normalized spacial score (nSPS) is 10.7. The quantitative estimate of drug-likeness (QED) is 0.301. The van der Waals surface area contributed by atoms with Gasteiger partial charge in [0.1, 0.15) is 5.75 Å². The number of alkyl halides is 1. The molecule has 0 radical (unpaired) electrons. The molecule has 0 aromatic heterocycles. The Labute approximate surface area is 128 Å². The van der Waals surface area contributed by atoms with E-state index in [1.807, 2.05) is 12.1 Å². The number of benzene rings is 2. The number of nitrogens with zero attached hydrogens (tertiary/aromatic N) is 1. The fourth-order valence-corrected chi connectivity index (χ4v) is 2.46. The first kappa shape index (κ1) is 15.6. The molecule has 0 heterocycles. The van der Waals surface area contributed by atoms with Gasteiger partial charge in [0.25, 0.3) is 5.69 Å². The predicted molar refractivity (Wildman–Crippen MR) is 85.3 cm³/mol. The number of hydrogen-bond donors (Lipinski definition) is 0. The summed E-state index contributed by atoms with van der Waals surface area (Å²) in [6, 6.07) is 10.4. The molecule has 0 atom stereocenters. The summed E-state index contributed by atoms with van der Waals surface area (Å²) >= 11 is 5.63. The van der Waals surface area contributed by atoms with E-state index in [-0.39, 0.29) is 10.6 Å². The Kier molecular flexibility index (Phi) is 5.81. The second-order valence-corrected chi connectivity index (χ2v) is 5.22. The summed E-state index contributed by atoms with van der Waals surface area (Å²) in [6.45, 7) is 0.615. The molecular formula is C16H18ClNO3. The highest BCUT2D eigenvalue weighted by molar-refractivity contribution is 6.17. The minimum absolute atomic E-state index is 0.111. The largest absolute Gasteiger partial charge is 0.493 e. The number of ether oxygens (including phenoxy) is 1. The molecule has 5 heteroatoms. The topological polar surface area (TPSA) is 52.4 Å². The minimum atomic E-state index is -0.363. The van der Waals surface area contributed by atoms with Crippen LogP contribution in [0.4, 0.5) is 5.69 Å². The molecular weight excluding hydrogens is 290 g/mol. The first-order valence-electron chi connectivity index (χ1n) is 7.09. The van der Waals surface area contributed by atoms with E-state index in [0.29, 0.717) is 23.6 Å². The van der Waals surface area contributed by atoms with E-state index in [2.05, 4.69) is 0 Å². The number of rotatable bonds is 8. The van der Waals surface area contributed by atoms with Crippen LogP contribution >= 0.6 is 11.6 Å². The zero-order chi connectivity index (χ0) is 15.1. The second kappa shape index (κ2) is 7.84. The van der Waals surface area contributed by atoms with Crippen molar-refractivity contribution >= 4 is 28.1 Å². The van der Waals surface area contributed by atoms with Gasteiger partial charge >= 0.3 is 0 Å². The minimum Gasteiger partial charge on any atom is -0.493 e. The van der Waals surface area contributed by atoms with Crippen LogP contribution in [0.1, 0.15) is 25.7 Å². The molecule has 0 aliphatic heterocycles. The summed E-state index contributed by atoms with van der Waals surface area (Å²) in [5.41, 5.74) is 0.111. The van der Waals surface area contributed by atoms with Gasteiger partial charge in [0.2, 0.25) is 0 Å². The molecule has 112 valence electrons. The van der Waals surface area contributed by atoms with Crippen LogP contribution < -0.4 is 4.74 Å². The van der Waals surface area contributed by atoms with Crippen molar-refractivity contribution in [2.45, 2.75) is 25.7 Å². The second-order valence-electron chi connectivity index (χ2n) is 4.84. The summed E-state index contributed by atoms with van der Waals surface area (Å²) in [7, 11) is 0. The lowest BCUT2D eigenvalue weighted by atomic mass is 10.1. The Morgan fingerprint density at radius 1 is 1.00 bits per heavy atom. The molecule has 4 nitrogen and oxygen atoms in total. The van der Waals surface area contributed by atoms with Crippen LogP contribution in [-0.2, 0) is 0 Å². The lowest BCUT2D eigenvalue weighted by Gasteiger charge is -2.09. The summed E-state index contributed by atoms with van der Waals surface area (Å²) < 4.78 is 5.78. The third-order valence-electron chi connectivity index (χ3n) is 3.34. The van der Waals surface area contributed by atoms with E-state index in [1.165, 1.54) is 6.07 Å². The fourth-order valence-electron chi connectivity index (χ4n) is 2.27. The van der Waals surface area contributed by atoms with Gasteiger partial charge in [-0.2, -0.15) is 0 Å². The number of nitro groups is 1. The van der Waals surface area contributed by atoms with Crippen LogP contribution in [0.3, 0.4) is 0 Å². The van der Waals surface area contributed by atoms with E-state index in [4.69, 9.17) is 16.3 Å². The Bertz CT molecular complexity index is 615. The van der Waals surface area contributed by atoms with Gasteiger partial charge in [-0.3, -0.25) is 10.1 Å². The number of fused-ring (bicyclic) bond motifs is 1. The average molecular weight is 308 g/mol. The van der Waals surface area contributed by atoms with Crippen molar-refractivity contribution in [2.24, 2.45) is 0 Å². The molecule has 0 bridgehead atoms. The van der Waals surface area contributed by atoms with Crippen molar-refractivity contribution in [3.05, 3.63) is 46.5 Å². The summed E-state index contributed by atoms with van der Waals surface area (Å²) in [4.78, 5) is 10.7. The molecule has 0 saturated heterocycles. The molecule has 0 saturated carbocycles. The molecule has 2 aromatic rings. The van der Waals surface area contributed by atoms with Crippen molar-refractivity contribution in [2.75, 3.05) is 12.5 Å². The molecule has 0 aliphatic carbocycles. The van der Waals surface area contributed by atoms with Crippen LogP contribution in [0.5, 0.6) is 5.75 Å². The Morgan fingerprint density at radius 3 is 2.43 bits per heavy atom. The first-order valence-corrected chi connectivity index (χ1v) is 7.62. The first-order chi connectivity index (χ1) is 10.2. The zero-order valence-electron chi connectivity index (χ0n) is 11.8. The number of unbranched alkanes of at least 4 members (excludes halogenated alkanes) is 3. The average Bonchev–Trinajstić information content (AvgIpc) is 2.50. The van der Waals surface area contributed by atoms with Crippen LogP contribution in [0.2, 0.25) is 0 Å². The van der Waals surface area contributed by atoms with Crippen LogP contribution in [0.15, 0.2) is 36.4 Å². The summed E-state index contributed by atoms with van der Waals surface area (Å²) in [5, 5.41) is 12.4. The van der Waals surface area contributed by atoms with Crippen molar-refractivity contribution in [1.29, 1.82) is 0 Å². The van der Waals surface area contributed by atoms with Crippen molar-refractivity contribution in [1.82, 2.24) is 0 Å². The van der Waals surface area contributed by atoms with Crippen molar-refractivity contribution < 1.29 is 9.66 Å². The van der Waals surface area contributed by atoms with Crippen molar-refractivity contribution in [3.63, 3.8) is 0 Å². The van der Waals surface area contributed by atoms with E-state index in [9.17, 15) is 10.1 Å². The molecule has 0 aliphatic rings. The highest BCUT2D eigenvalue weighted by Crippen LogP contribution is 2.32. The van der Waals surface area contributed by atoms with E-state index in [0.717, 1.165) is 31.1 Å². The molecule has 0 N–H and O–H groups in total. The SMILES string of the molecule is O=[N+]([O-])c1ccc(OCCCCCCCl)c2ccccc12. The smallest absolute Gasteiger partial charge is 0.277 e. The highest BCUT2D eigenvalue weighted by atomic mass is 35.5. The summed E-state index contributed by atoms with van der Waals surface area (Å²) in [6.07, 6.45) is 4.18. The molecule has 0 amide bonds. The van der Waals surface area contributed by atoms with Crippen LogP contribution in [-0.4, -0.2) is 17.4 Å². The highest BCUT2D eigenvalue weighted by Gasteiger charge is 2.14. The zero-order valence-corrected chi connectivity index (χ0v) is 12.5. The van der Waals surface area contributed by atoms with Gasteiger partial charge in [-0.1, -0.05) is 31.0 Å². The third-order valence-corrected chi connectivity index (χ3v) is 3.61. The van der Waals surface area contributed by atoms with Crippen LogP contribution in [0, 0.1) is 10.1 Å². The maximum Gasteiger partial charge on any atom is 0.277 e. The standard InChI is InChI=1S/C16H18ClNO3/c17-11-5-1-2-6-12-21-16-10-9-15(18(19)20)13-7-3-4-8-14(13)16/h3-4,7-10H,1-2,5-6,11-12H2. The third kappa shape index (κ3) is 4.08. The van der Waals surface area contributed by atoms with Gasteiger partial charge in [-0.05, 0) is 25.0 Å². The molecule has 2 aromatic carbocycles. The lowest BCUT2D eigenvalue weighted by molar-refractivity contribution is -0.383. The number of halogens is 1. The molecule has 0 fully saturated rings. The maximum absolute atomic E-state index is 11.0. The number of non-ortho nitro benzene ring substituents is 1. The predicted octanol–water partition coefficient (Wildman–Crippen LogP) is 4.93. The molecule has 21 heavy (non-hydrogen) atoms. The van der Waals surface area contributed by atoms with Gasteiger partial charge in [0, 0.05) is 17.3 Å². The Balaban J connectivity index is 2.07. The van der Waals surface area contributed by atoms with Gasteiger partial charge < -0.3 is 4.74 Å². The lowest BCUT2D eigenvalue weighted by Crippen LogP contribution is -1.99. The Hall–Kier alpha value is -1.81. The fraction of sp³-hybridized carbons (Fsp3) is 0.375. The van der Waals surface area contributed by atoms with Crippen LogP contribution in [0.25, 0.3) is 10.8 Å². The molecule has 0 spiro atoms.